The van der Waals surface area contributed by atoms with Crippen molar-refractivity contribution in [3.05, 3.63) is 106 Å². The molecule has 2 aliphatic rings. The quantitative estimate of drug-likeness (QED) is 0.231. The van der Waals surface area contributed by atoms with Crippen LogP contribution in [0, 0.1) is 18.3 Å². The van der Waals surface area contributed by atoms with Gasteiger partial charge in [-0.1, -0.05) is 48.0 Å². The molecule has 0 radical (unpaired) electrons. The van der Waals surface area contributed by atoms with E-state index in [4.69, 9.17) is 30.5 Å². The number of halogens is 1. The summed E-state index contributed by atoms with van der Waals surface area (Å²) in [6, 6.07) is 25.4. The Morgan fingerprint density at radius 3 is 2.47 bits per heavy atom. The summed E-state index contributed by atoms with van der Waals surface area (Å²) in [5, 5.41) is 20.0. The van der Waals surface area contributed by atoms with Crippen LogP contribution in [0.3, 0.4) is 0 Å². The van der Waals surface area contributed by atoms with E-state index < -0.39 is 5.60 Å². The molecule has 0 atom stereocenters. The number of fused-ring (bicyclic) bond motifs is 1. The fourth-order valence-electron chi connectivity index (χ4n) is 5.63. The summed E-state index contributed by atoms with van der Waals surface area (Å²) >= 11 is 6.75. The van der Waals surface area contributed by atoms with E-state index in [1.807, 2.05) is 61.5 Å². The molecule has 4 aromatic rings. The molecular weight excluding hydrogens is 564 g/mol. The summed E-state index contributed by atoms with van der Waals surface area (Å²) in [6.07, 6.45) is 0. The summed E-state index contributed by atoms with van der Waals surface area (Å²) in [4.78, 5) is 2.14. The van der Waals surface area contributed by atoms with Gasteiger partial charge in [-0.05, 0) is 72.0 Å². The van der Waals surface area contributed by atoms with Gasteiger partial charge in [-0.3, -0.25) is 4.90 Å². The van der Waals surface area contributed by atoms with Crippen LogP contribution in [0.1, 0.15) is 34.7 Å². The van der Waals surface area contributed by atoms with Crippen LogP contribution in [0.25, 0.3) is 11.1 Å². The average Bonchev–Trinajstić information content (AvgIpc) is 2.99. The maximum atomic E-state index is 10.2. The second kappa shape index (κ2) is 12.2. The molecule has 1 N–H and O–H groups in total. The van der Waals surface area contributed by atoms with Crippen LogP contribution >= 0.6 is 11.6 Å². The van der Waals surface area contributed by atoms with Gasteiger partial charge in [-0.15, -0.1) is 0 Å². The van der Waals surface area contributed by atoms with Crippen LogP contribution < -0.4 is 18.9 Å². The van der Waals surface area contributed by atoms with Crippen molar-refractivity contribution in [1.29, 1.82) is 5.26 Å². The number of ether oxygens (including phenoxy) is 4. The van der Waals surface area contributed by atoms with E-state index in [0.717, 1.165) is 44.9 Å². The summed E-state index contributed by atoms with van der Waals surface area (Å²) in [7, 11) is 0. The van der Waals surface area contributed by atoms with E-state index in [9.17, 15) is 10.4 Å². The number of likely N-dealkylation sites (tertiary alicyclic amines) is 1. The third-order valence-electron chi connectivity index (χ3n) is 7.77. The SMILES string of the molecule is Cc1c(COc2cc(OCc3cccc(C#N)c3)c(CN3CC(C)(O)C3)cc2Cl)cccc1-c1ccc2c(c1)OCCO2. The third kappa shape index (κ3) is 6.57. The maximum Gasteiger partial charge on any atom is 0.161 e. The second-order valence-electron chi connectivity index (χ2n) is 11.4. The Balaban J connectivity index is 1.22. The standard InChI is InChI=1S/C35H33ClN2O5/c1-23-27(7-4-8-29(23)26-9-10-31-34(15-26)41-12-11-40-31)20-43-33-16-32(42-19-25-6-3-5-24(13-25)17-37)28(14-30(33)36)18-38-21-35(2,39)22-38/h3-10,13-16,39H,11-12,18-22H2,1-2H3. The topological polar surface area (TPSA) is 84.2 Å². The van der Waals surface area contributed by atoms with E-state index in [2.05, 4.69) is 30.0 Å². The minimum Gasteiger partial charge on any atom is -0.488 e. The van der Waals surface area contributed by atoms with Gasteiger partial charge in [-0.25, -0.2) is 0 Å². The van der Waals surface area contributed by atoms with Gasteiger partial charge in [0.1, 0.15) is 37.9 Å². The lowest BCUT2D eigenvalue weighted by Crippen LogP contribution is -2.59. The molecular formula is C35H33ClN2O5. The minimum absolute atomic E-state index is 0.290. The van der Waals surface area contributed by atoms with Crippen molar-refractivity contribution in [1.82, 2.24) is 4.90 Å². The van der Waals surface area contributed by atoms with Crippen molar-refractivity contribution in [2.75, 3.05) is 26.3 Å². The summed E-state index contributed by atoms with van der Waals surface area (Å²) in [6.45, 7) is 7.36. The first-order chi connectivity index (χ1) is 20.8. The fourth-order valence-corrected chi connectivity index (χ4v) is 5.87. The number of β-amino-alcohol motifs (C(OH)–C–C–N with tert-alkyl or cyclic N) is 1. The molecule has 1 saturated heterocycles. The molecule has 2 aliphatic heterocycles. The molecule has 0 unspecified atom stereocenters. The predicted octanol–water partition coefficient (Wildman–Crippen LogP) is 6.68. The molecule has 7 nitrogen and oxygen atoms in total. The number of rotatable bonds is 9. The smallest absolute Gasteiger partial charge is 0.161 e. The first-order valence-electron chi connectivity index (χ1n) is 14.3. The Kier molecular flexibility index (Phi) is 8.18. The molecule has 0 spiro atoms. The molecule has 43 heavy (non-hydrogen) atoms. The Hall–Kier alpha value is -4.22. The van der Waals surface area contributed by atoms with E-state index >= 15 is 0 Å². The van der Waals surface area contributed by atoms with Crippen LogP contribution in [-0.2, 0) is 19.8 Å². The minimum atomic E-state index is -0.683. The van der Waals surface area contributed by atoms with Gasteiger partial charge in [0.15, 0.2) is 11.5 Å². The van der Waals surface area contributed by atoms with Gasteiger partial charge in [-0.2, -0.15) is 5.26 Å². The van der Waals surface area contributed by atoms with Crippen molar-refractivity contribution in [3.63, 3.8) is 0 Å². The van der Waals surface area contributed by atoms with Gasteiger partial charge >= 0.3 is 0 Å². The van der Waals surface area contributed by atoms with Crippen LogP contribution in [0.4, 0.5) is 0 Å². The first-order valence-corrected chi connectivity index (χ1v) is 14.7. The number of nitriles is 1. The number of nitrogens with zero attached hydrogens (tertiary/aromatic N) is 2. The van der Waals surface area contributed by atoms with Gasteiger partial charge in [0, 0.05) is 31.3 Å². The normalized spacial score (nSPS) is 15.3. The van der Waals surface area contributed by atoms with E-state index in [1.165, 1.54) is 0 Å². The number of aliphatic hydroxyl groups is 1. The van der Waals surface area contributed by atoms with E-state index in [-0.39, 0.29) is 6.61 Å². The van der Waals surface area contributed by atoms with E-state index in [0.29, 0.717) is 61.5 Å². The van der Waals surface area contributed by atoms with Gasteiger partial charge in [0.05, 0.1) is 22.3 Å². The summed E-state index contributed by atoms with van der Waals surface area (Å²) < 4.78 is 24.1. The number of hydrogen-bond acceptors (Lipinski definition) is 7. The lowest BCUT2D eigenvalue weighted by atomic mass is 9.96. The zero-order valence-corrected chi connectivity index (χ0v) is 25.0. The third-order valence-corrected chi connectivity index (χ3v) is 8.07. The van der Waals surface area contributed by atoms with Crippen molar-refractivity contribution in [3.8, 4) is 40.2 Å². The molecule has 1 fully saturated rings. The second-order valence-corrected chi connectivity index (χ2v) is 11.8. The van der Waals surface area contributed by atoms with Crippen molar-refractivity contribution in [2.45, 2.75) is 39.2 Å². The number of benzene rings is 4. The Morgan fingerprint density at radius 1 is 0.907 bits per heavy atom. The van der Waals surface area contributed by atoms with Gasteiger partial charge < -0.3 is 24.1 Å². The highest BCUT2D eigenvalue weighted by Gasteiger charge is 2.36. The summed E-state index contributed by atoms with van der Waals surface area (Å²) in [5.74, 6) is 2.69. The molecule has 0 aliphatic carbocycles. The molecule has 8 heteroatoms. The van der Waals surface area contributed by atoms with Crippen molar-refractivity contribution >= 4 is 11.6 Å². The zero-order chi connectivity index (χ0) is 30.0. The number of hydrogen-bond donors (Lipinski definition) is 1. The zero-order valence-electron chi connectivity index (χ0n) is 24.2. The molecule has 220 valence electrons. The van der Waals surface area contributed by atoms with Crippen molar-refractivity contribution < 1.29 is 24.1 Å². The monoisotopic (exact) mass is 596 g/mol. The molecule has 0 aromatic heterocycles. The highest BCUT2D eigenvalue weighted by molar-refractivity contribution is 6.32. The molecule has 0 saturated carbocycles. The lowest BCUT2D eigenvalue weighted by Gasteiger charge is -2.44. The van der Waals surface area contributed by atoms with Crippen LogP contribution in [0.5, 0.6) is 23.0 Å². The molecule has 6 rings (SSSR count). The van der Waals surface area contributed by atoms with Crippen LogP contribution in [0.2, 0.25) is 5.02 Å². The van der Waals surface area contributed by atoms with Crippen molar-refractivity contribution in [2.24, 2.45) is 0 Å². The van der Waals surface area contributed by atoms with E-state index in [1.54, 1.807) is 6.07 Å². The van der Waals surface area contributed by atoms with Crippen LogP contribution in [-0.4, -0.2) is 41.9 Å². The fraction of sp³-hybridized carbons (Fsp3) is 0.286. The van der Waals surface area contributed by atoms with Gasteiger partial charge in [0.25, 0.3) is 0 Å². The highest BCUT2D eigenvalue weighted by Crippen LogP contribution is 2.38. The van der Waals surface area contributed by atoms with Crippen LogP contribution in [0.15, 0.2) is 72.8 Å². The molecule has 4 aromatic carbocycles. The first kappa shape index (κ1) is 28.9. The molecule has 0 amide bonds. The predicted molar refractivity (Wildman–Crippen MR) is 165 cm³/mol. The Bertz CT molecular complexity index is 1690. The molecule has 2 heterocycles. The molecule has 0 bridgehead atoms. The Labute approximate surface area is 256 Å². The Morgan fingerprint density at radius 2 is 1.67 bits per heavy atom. The largest absolute Gasteiger partial charge is 0.488 e. The highest BCUT2D eigenvalue weighted by atomic mass is 35.5. The average molecular weight is 597 g/mol. The van der Waals surface area contributed by atoms with Gasteiger partial charge in [0.2, 0.25) is 0 Å². The lowest BCUT2D eigenvalue weighted by molar-refractivity contribution is -0.0873. The maximum absolute atomic E-state index is 10.2. The summed E-state index contributed by atoms with van der Waals surface area (Å²) in [5.41, 5.74) is 5.97.